The molecule has 5 heteroatoms. The van der Waals surface area contributed by atoms with Gasteiger partial charge in [0.1, 0.15) is 12.7 Å². The van der Waals surface area contributed by atoms with Gasteiger partial charge < -0.3 is 10.8 Å². The van der Waals surface area contributed by atoms with Gasteiger partial charge in [0.2, 0.25) is 0 Å². The molecule has 0 amide bonds. The Labute approximate surface area is 87.2 Å². The quantitative estimate of drug-likeness (QED) is 0.751. The largest absolute Gasteiger partial charge is 0.387 e. The van der Waals surface area contributed by atoms with Crippen molar-refractivity contribution in [2.24, 2.45) is 5.73 Å². The molecule has 0 saturated heterocycles. The van der Waals surface area contributed by atoms with Gasteiger partial charge in [-0.25, -0.2) is 9.67 Å². The highest BCUT2D eigenvalue weighted by atomic mass is 16.3. The van der Waals surface area contributed by atoms with Gasteiger partial charge in [-0.1, -0.05) is 12.1 Å². The maximum atomic E-state index is 9.58. The van der Waals surface area contributed by atoms with Crippen molar-refractivity contribution in [3.8, 4) is 5.69 Å². The first-order valence-electron chi connectivity index (χ1n) is 4.64. The van der Waals surface area contributed by atoms with E-state index in [1.54, 1.807) is 11.0 Å². The van der Waals surface area contributed by atoms with Crippen molar-refractivity contribution in [1.29, 1.82) is 0 Å². The number of rotatable bonds is 3. The molecule has 1 heterocycles. The van der Waals surface area contributed by atoms with E-state index >= 15 is 0 Å². The topological polar surface area (TPSA) is 77.0 Å². The van der Waals surface area contributed by atoms with Crippen molar-refractivity contribution in [1.82, 2.24) is 14.8 Å². The highest BCUT2D eigenvalue weighted by molar-refractivity contribution is 5.35. The van der Waals surface area contributed by atoms with Gasteiger partial charge in [-0.3, -0.25) is 0 Å². The molecule has 0 spiro atoms. The first-order valence-corrected chi connectivity index (χ1v) is 4.64. The van der Waals surface area contributed by atoms with Crippen molar-refractivity contribution in [3.63, 3.8) is 0 Å². The van der Waals surface area contributed by atoms with E-state index in [0.717, 1.165) is 11.3 Å². The smallest absolute Gasteiger partial charge is 0.138 e. The van der Waals surface area contributed by atoms with E-state index in [4.69, 9.17) is 5.73 Å². The van der Waals surface area contributed by atoms with Crippen LogP contribution in [0, 0.1) is 0 Å². The molecule has 0 aliphatic rings. The lowest BCUT2D eigenvalue weighted by molar-refractivity contribution is 0.186. The van der Waals surface area contributed by atoms with E-state index in [0.29, 0.717) is 0 Å². The summed E-state index contributed by atoms with van der Waals surface area (Å²) in [5.41, 5.74) is 7.03. The van der Waals surface area contributed by atoms with Crippen molar-refractivity contribution in [2.45, 2.75) is 6.10 Å². The zero-order valence-electron chi connectivity index (χ0n) is 8.11. The number of hydrogen-bond acceptors (Lipinski definition) is 4. The van der Waals surface area contributed by atoms with E-state index in [1.807, 2.05) is 24.3 Å². The Kier molecular flexibility index (Phi) is 2.75. The Morgan fingerprint density at radius 2 is 2.33 bits per heavy atom. The van der Waals surface area contributed by atoms with Gasteiger partial charge in [-0.2, -0.15) is 5.10 Å². The molecule has 1 aromatic carbocycles. The van der Waals surface area contributed by atoms with E-state index in [2.05, 4.69) is 10.1 Å². The Morgan fingerprint density at radius 1 is 1.47 bits per heavy atom. The number of aliphatic hydroxyl groups excluding tert-OH is 1. The first kappa shape index (κ1) is 9.82. The van der Waals surface area contributed by atoms with E-state index in [1.165, 1.54) is 6.33 Å². The minimum absolute atomic E-state index is 0.209. The summed E-state index contributed by atoms with van der Waals surface area (Å²) in [7, 11) is 0. The fourth-order valence-corrected chi connectivity index (χ4v) is 1.35. The lowest BCUT2D eigenvalue weighted by Gasteiger charge is -2.09. The average Bonchev–Trinajstić information content (AvgIpc) is 2.82. The number of hydrogen-bond donors (Lipinski definition) is 2. The van der Waals surface area contributed by atoms with Crippen LogP contribution in [0.25, 0.3) is 5.69 Å². The third kappa shape index (κ3) is 2.03. The zero-order chi connectivity index (χ0) is 10.7. The van der Waals surface area contributed by atoms with E-state index in [-0.39, 0.29) is 6.54 Å². The Balaban J connectivity index is 2.35. The monoisotopic (exact) mass is 204 g/mol. The summed E-state index contributed by atoms with van der Waals surface area (Å²) in [4.78, 5) is 3.86. The van der Waals surface area contributed by atoms with Gasteiger partial charge >= 0.3 is 0 Å². The molecule has 15 heavy (non-hydrogen) atoms. The van der Waals surface area contributed by atoms with Crippen molar-refractivity contribution in [3.05, 3.63) is 42.5 Å². The number of nitrogens with two attached hydrogens (primary N) is 1. The standard InChI is InChI=1S/C10H12N4O/c11-5-10(15)8-2-1-3-9(4-8)14-7-12-6-13-14/h1-4,6-7,10,15H,5,11H2. The second kappa shape index (κ2) is 4.20. The summed E-state index contributed by atoms with van der Waals surface area (Å²) in [5, 5.41) is 13.6. The van der Waals surface area contributed by atoms with Crippen LogP contribution in [0.3, 0.4) is 0 Å². The summed E-state index contributed by atoms with van der Waals surface area (Å²) in [6.45, 7) is 0.209. The third-order valence-electron chi connectivity index (χ3n) is 2.16. The summed E-state index contributed by atoms with van der Waals surface area (Å²) in [6.07, 6.45) is 2.44. The molecule has 0 aliphatic heterocycles. The molecule has 2 aromatic rings. The number of benzene rings is 1. The minimum atomic E-state index is -0.631. The molecule has 1 aromatic heterocycles. The van der Waals surface area contributed by atoms with Crippen LogP contribution in [0.15, 0.2) is 36.9 Å². The molecule has 5 nitrogen and oxygen atoms in total. The molecule has 0 radical (unpaired) electrons. The fraction of sp³-hybridized carbons (Fsp3) is 0.200. The number of aromatic nitrogens is 3. The van der Waals surface area contributed by atoms with Gasteiger partial charge in [0.15, 0.2) is 0 Å². The van der Waals surface area contributed by atoms with Crippen LogP contribution in [0.4, 0.5) is 0 Å². The lowest BCUT2D eigenvalue weighted by Crippen LogP contribution is -2.11. The summed E-state index contributed by atoms with van der Waals surface area (Å²) in [6, 6.07) is 7.41. The summed E-state index contributed by atoms with van der Waals surface area (Å²) >= 11 is 0. The molecule has 0 fully saturated rings. The molecule has 1 atom stereocenters. The first-order chi connectivity index (χ1) is 7.31. The van der Waals surface area contributed by atoms with Crippen LogP contribution in [0.5, 0.6) is 0 Å². The fourth-order valence-electron chi connectivity index (χ4n) is 1.35. The second-order valence-corrected chi connectivity index (χ2v) is 3.19. The molecule has 0 aliphatic carbocycles. The molecule has 78 valence electrons. The number of aliphatic hydroxyl groups is 1. The summed E-state index contributed by atoms with van der Waals surface area (Å²) in [5.74, 6) is 0. The minimum Gasteiger partial charge on any atom is -0.387 e. The lowest BCUT2D eigenvalue weighted by atomic mass is 10.1. The Morgan fingerprint density at radius 3 is 3.00 bits per heavy atom. The van der Waals surface area contributed by atoms with Gasteiger partial charge in [-0.15, -0.1) is 0 Å². The van der Waals surface area contributed by atoms with Crippen LogP contribution >= 0.6 is 0 Å². The maximum absolute atomic E-state index is 9.58. The van der Waals surface area contributed by atoms with E-state index < -0.39 is 6.10 Å². The SMILES string of the molecule is NCC(O)c1cccc(-n2cncn2)c1. The predicted octanol–water partition coefficient (Wildman–Crippen LogP) is 0.259. The predicted molar refractivity (Wildman–Crippen MR) is 55.4 cm³/mol. The van der Waals surface area contributed by atoms with Crippen LogP contribution in [-0.4, -0.2) is 26.4 Å². The van der Waals surface area contributed by atoms with Crippen LogP contribution in [-0.2, 0) is 0 Å². The molecule has 3 N–H and O–H groups in total. The number of nitrogens with zero attached hydrogens (tertiary/aromatic N) is 3. The van der Waals surface area contributed by atoms with Crippen molar-refractivity contribution in [2.75, 3.05) is 6.54 Å². The Hall–Kier alpha value is -1.72. The summed E-state index contributed by atoms with van der Waals surface area (Å²) < 4.78 is 1.63. The highest BCUT2D eigenvalue weighted by Crippen LogP contribution is 2.15. The molecule has 0 saturated carbocycles. The zero-order valence-corrected chi connectivity index (χ0v) is 8.11. The van der Waals surface area contributed by atoms with Crippen LogP contribution in [0.1, 0.15) is 11.7 Å². The molecular formula is C10H12N4O. The van der Waals surface area contributed by atoms with Crippen LogP contribution in [0.2, 0.25) is 0 Å². The normalized spacial score (nSPS) is 12.7. The third-order valence-corrected chi connectivity index (χ3v) is 2.16. The maximum Gasteiger partial charge on any atom is 0.138 e. The molecule has 0 bridgehead atoms. The Bertz CT molecular complexity index is 427. The van der Waals surface area contributed by atoms with Crippen LogP contribution < -0.4 is 5.73 Å². The molecule has 2 rings (SSSR count). The van der Waals surface area contributed by atoms with Gasteiger partial charge in [0, 0.05) is 6.54 Å². The molecular weight excluding hydrogens is 192 g/mol. The van der Waals surface area contributed by atoms with Gasteiger partial charge in [-0.05, 0) is 17.7 Å². The van der Waals surface area contributed by atoms with Crippen molar-refractivity contribution < 1.29 is 5.11 Å². The molecule has 1 unspecified atom stereocenters. The highest BCUT2D eigenvalue weighted by Gasteiger charge is 2.06. The van der Waals surface area contributed by atoms with Crippen molar-refractivity contribution >= 4 is 0 Å². The average molecular weight is 204 g/mol. The second-order valence-electron chi connectivity index (χ2n) is 3.19. The van der Waals surface area contributed by atoms with Gasteiger partial charge in [0.25, 0.3) is 0 Å². The van der Waals surface area contributed by atoms with E-state index in [9.17, 15) is 5.11 Å². The van der Waals surface area contributed by atoms with Gasteiger partial charge in [0.05, 0.1) is 11.8 Å².